The lowest BCUT2D eigenvalue weighted by Gasteiger charge is -2.30. The van der Waals surface area contributed by atoms with Crippen LogP contribution in [0.1, 0.15) is 53.2 Å². The number of carbonyl (C=O) groups excluding carboxylic acids is 1. The molecule has 34 heavy (non-hydrogen) atoms. The molecule has 5 nitrogen and oxygen atoms in total. The van der Waals surface area contributed by atoms with E-state index in [0.717, 1.165) is 29.9 Å². The molecular weight excluding hydrogens is 487 g/mol. The van der Waals surface area contributed by atoms with E-state index in [1.165, 1.54) is 0 Å². The van der Waals surface area contributed by atoms with Crippen LogP contribution in [0.2, 0.25) is 5.02 Å². The normalized spacial score (nSPS) is 19.5. The van der Waals surface area contributed by atoms with Crippen molar-refractivity contribution in [3.05, 3.63) is 46.1 Å². The first-order chi connectivity index (χ1) is 16.2. The summed E-state index contributed by atoms with van der Waals surface area (Å²) in [6.45, 7) is 1.94. The van der Waals surface area contributed by atoms with Gasteiger partial charge in [-0.2, -0.15) is 13.2 Å². The molecule has 1 aromatic carbocycles. The number of thioether (sulfide) groups is 1. The predicted octanol–water partition coefficient (Wildman–Crippen LogP) is 6.44. The summed E-state index contributed by atoms with van der Waals surface area (Å²) in [6.07, 6.45) is -1.56. The molecule has 2 aliphatic rings. The number of nitrogens with one attached hydrogen (secondary N) is 1. The van der Waals surface area contributed by atoms with E-state index in [2.05, 4.69) is 5.32 Å². The highest BCUT2D eigenvalue weighted by atomic mass is 35.5. The van der Waals surface area contributed by atoms with E-state index < -0.39 is 18.2 Å². The Kier molecular flexibility index (Phi) is 7.64. The van der Waals surface area contributed by atoms with Gasteiger partial charge in [0.2, 0.25) is 0 Å². The van der Waals surface area contributed by atoms with Gasteiger partial charge in [0.1, 0.15) is 5.82 Å². The molecule has 1 aliphatic carbocycles. The van der Waals surface area contributed by atoms with E-state index >= 15 is 0 Å². The van der Waals surface area contributed by atoms with Gasteiger partial charge >= 0.3 is 6.18 Å². The predicted molar refractivity (Wildman–Crippen MR) is 129 cm³/mol. The van der Waals surface area contributed by atoms with Crippen LogP contribution in [0.4, 0.5) is 24.7 Å². The molecule has 1 atom stereocenters. The quantitative estimate of drug-likeness (QED) is 0.466. The van der Waals surface area contributed by atoms with Gasteiger partial charge in [-0.25, -0.2) is 4.98 Å². The number of carbonyl (C=O) groups is 1. The molecule has 2 heterocycles. The molecule has 0 unspecified atom stereocenters. The third kappa shape index (κ3) is 5.31. The summed E-state index contributed by atoms with van der Waals surface area (Å²) >= 11 is 8.25. The molecule has 0 bridgehead atoms. The van der Waals surface area contributed by atoms with Crippen LogP contribution >= 0.6 is 23.4 Å². The van der Waals surface area contributed by atoms with Crippen molar-refractivity contribution in [3.63, 3.8) is 0 Å². The lowest BCUT2D eigenvalue weighted by molar-refractivity contribution is -0.218. The van der Waals surface area contributed by atoms with Gasteiger partial charge in [0.25, 0.3) is 5.91 Å². The first-order valence-corrected chi connectivity index (χ1v) is 12.9. The molecule has 2 aromatic rings. The molecule has 1 aromatic heterocycles. The maximum Gasteiger partial charge on any atom is 0.414 e. The summed E-state index contributed by atoms with van der Waals surface area (Å²) in [4.78, 5) is 21.0. The van der Waals surface area contributed by atoms with Gasteiger partial charge in [0.15, 0.2) is 6.10 Å². The Morgan fingerprint density at radius 1 is 1.26 bits per heavy atom. The van der Waals surface area contributed by atoms with Crippen molar-refractivity contribution in [3.8, 4) is 0 Å². The average Bonchev–Trinajstić information content (AvgIpc) is 3.02. The van der Waals surface area contributed by atoms with E-state index in [4.69, 9.17) is 21.3 Å². The van der Waals surface area contributed by atoms with Crippen molar-refractivity contribution in [2.24, 2.45) is 0 Å². The third-order valence-electron chi connectivity index (χ3n) is 6.43. The van der Waals surface area contributed by atoms with Crippen LogP contribution in [0.25, 0.3) is 0 Å². The number of halogens is 4. The van der Waals surface area contributed by atoms with Gasteiger partial charge in [0.05, 0.1) is 22.9 Å². The van der Waals surface area contributed by atoms with Crippen molar-refractivity contribution < 1.29 is 22.7 Å². The van der Waals surface area contributed by atoms with Gasteiger partial charge in [-0.15, -0.1) is 11.8 Å². The van der Waals surface area contributed by atoms with Crippen molar-refractivity contribution in [1.82, 2.24) is 4.98 Å². The van der Waals surface area contributed by atoms with Crippen LogP contribution in [0, 0.1) is 6.92 Å². The Bertz CT molecular complexity index is 1060. The van der Waals surface area contributed by atoms with E-state index in [1.807, 2.05) is 24.5 Å². The minimum atomic E-state index is -4.43. The Balaban J connectivity index is 1.71. The largest absolute Gasteiger partial charge is 0.414 e. The van der Waals surface area contributed by atoms with E-state index in [1.54, 1.807) is 29.7 Å². The van der Waals surface area contributed by atoms with Crippen molar-refractivity contribution in [1.29, 1.82) is 0 Å². The molecule has 1 N–H and O–H groups in total. The topological polar surface area (TPSA) is 54.5 Å². The number of benzene rings is 1. The molecule has 1 aliphatic heterocycles. The maximum atomic E-state index is 13.5. The van der Waals surface area contributed by atoms with E-state index in [0.29, 0.717) is 22.1 Å². The van der Waals surface area contributed by atoms with Gasteiger partial charge in [0, 0.05) is 36.0 Å². The number of nitrogens with zero attached hydrogens (tertiary/aromatic N) is 2. The molecule has 10 heteroatoms. The van der Waals surface area contributed by atoms with E-state index in [9.17, 15) is 18.0 Å². The second kappa shape index (κ2) is 10.3. The van der Waals surface area contributed by atoms with Crippen LogP contribution < -0.4 is 10.2 Å². The molecule has 2 fully saturated rings. The van der Waals surface area contributed by atoms with Gasteiger partial charge in [-0.3, -0.25) is 4.79 Å². The fourth-order valence-electron chi connectivity index (χ4n) is 4.28. The summed E-state index contributed by atoms with van der Waals surface area (Å²) in [5.74, 6) is 0.179. The number of aromatic nitrogens is 1. The second-order valence-corrected chi connectivity index (χ2v) is 9.88. The Morgan fingerprint density at radius 3 is 2.68 bits per heavy atom. The van der Waals surface area contributed by atoms with Crippen LogP contribution in [0.15, 0.2) is 29.2 Å². The number of anilines is 2. The number of amides is 1. The Hall–Kier alpha value is -1.97. The Morgan fingerprint density at radius 2 is 2.03 bits per heavy atom. The zero-order chi connectivity index (χ0) is 24.5. The fourth-order valence-corrected chi connectivity index (χ4v) is 5.03. The van der Waals surface area contributed by atoms with Crippen LogP contribution in [0.3, 0.4) is 0 Å². The first kappa shape index (κ1) is 25.1. The standard InChI is InChI=1S/C24H27ClF3N3O2S/c1-14-19(23(32)29-16-7-4-8-17(13-16)34-2)22(30-21(20(14)25)15-5-3-6-15)31-10-9-18(24(26,27)28)33-12-11-31/h4,7-8,13,15,18H,3,5-6,9-12H2,1-2H3,(H,29,32)/t18-/m0/s1. The molecule has 1 saturated carbocycles. The third-order valence-corrected chi connectivity index (χ3v) is 7.63. The number of ether oxygens (including phenoxy) is 1. The summed E-state index contributed by atoms with van der Waals surface area (Å²) < 4.78 is 44.9. The van der Waals surface area contributed by atoms with Crippen LogP contribution in [-0.2, 0) is 4.74 Å². The number of pyridine rings is 1. The van der Waals surface area contributed by atoms with Crippen LogP contribution in [0.5, 0.6) is 0 Å². The number of alkyl halides is 3. The minimum Gasteiger partial charge on any atom is -0.367 e. The summed E-state index contributed by atoms with van der Waals surface area (Å²) in [7, 11) is 0. The summed E-state index contributed by atoms with van der Waals surface area (Å²) in [5, 5.41) is 3.37. The Labute approximate surface area is 206 Å². The number of hydrogen-bond acceptors (Lipinski definition) is 5. The zero-order valence-electron chi connectivity index (χ0n) is 19.0. The highest BCUT2D eigenvalue weighted by Crippen LogP contribution is 2.42. The van der Waals surface area contributed by atoms with Crippen molar-refractivity contribution in [2.75, 3.05) is 36.2 Å². The summed E-state index contributed by atoms with van der Waals surface area (Å²) in [6, 6.07) is 7.45. The summed E-state index contributed by atoms with van der Waals surface area (Å²) in [5.41, 5.74) is 2.22. The molecule has 1 amide bonds. The van der Waals surface area contributed by atoms with Gasteiger partial charge in [-0.05, 0) is 49.8 Å². The molecule has 1 saturated heterocycles. The van der Waals surface area contributed by atoms with E-state index in [-0.39, 0.29) is 37.6 Å². The van der Waals surface area contributed by atoms with Crippen molar-refractivity contribution in [2.45, 2.75) is 55.7 Å². The molecular formula is C24H27ClF3N3O2S. The average molecular weight is 514 g/mol. The molecule has 184 valence electrons. The van der Waals surface area contributed by atoms with Crippen LogP contribution in [-0.4, -0.2) is 49.1 Å². The lowest BCUT2D eigenvalue weighted by Crippen LogP contribution is -2.33. The highest BCUT2D eigenvalue weighted by molar-refractivity contribution is 7.98. The first-order valence-electron chi connectivity index (χ1n) is 11.3. The lowest BCUT2D eigenvalue weighted by atomic mass is 9.82. The second-order valence-electron chi connectivity index (χ2n) is 8.63. The molecule has 0 radical (unpaired) electrons. The smallest absolute Gasteiger partial charge is 0.367 e. The van der Waals surface area contributed by atoms with Gasteiger partial charge in [-0.1, -0.05) is 24.1 Å². The minimum absolute atomic E-state index is 0.0740. The SMILES string of the molecule is CSc1cccc(NC(=O)c2c(N3CCO[C@H](C(F)(F)F)CC3)nc(C3CCC3)c(Cl)c2C)c1. The zero-order valence-corrected chi connectivity index (χ0v) is 20.6. The highest BCUT2D eigenvalue weighted by Gasteiger charge is 2.42. The molecule has 0 spiro atoms. The molecule has 4 rings (SSSR count). The monoisotopic (exact) mass is 513 g/mol. The number of rotatable bonds is 5. The fraction of sp³-hybridized carbons (Fsp3) is 0.500. The van der Waals surface area contributed by atoms with Gasteiger partial charge < -0.3 is 15.0 Å². The van der Waals surface area contributed by atoms with Crippen molar-refractivity contribution >= 4 is 40.8 Å². The number of hydrogen-bond donors (Lipinski definition) is 1. The maximum absolute atomic E-state index is 13.5.